The van der Waals surface area contributed by atoms with Crippen molar-refractivity contribution in [3.8, 4) is 5.75 Å². The van der Waals surface area contributed by atoms with Crippen molar-refractivity contribution in [1.82, 2.24) is 0 Å². The molecule has 2 nitrogen and oxygen atoms in total. The lowest BCUT2D eigenvalue weighted by Gasteiger charge is -2.11. The second-order valence-corrected chi connectivity index (χ2v) is 6.98. The summed E-state index contributed by atoms with van der Waals surface area (Å²) in [6.45, 7) is 0.803. The average Bonchev–Trinajstić information content (AvgIpc) is 3.29. The van der Waals surface area contributed by atoms with Crippen LogP contribution in [0.25, 0.3) is 0 Å². The first kappa shape index (κ1) is 13.9. The van der Waals surface area contributed by atoms with Crippen molar-refractivity contribution in [3.63, 3.8) is 0 Å². The quantitative estimate of drug-likeness (QED) is 0.431. The molecule has 3 heteroatoms. The second kappa shape index (κ2) is 6.12. The number of rotatable bonds is 5. The topological polar surface area (TPSA) is 26.3 Å². The number of ether oxygens (including phenoxy) is 1. The fraction of sp³-hybridized carbons (Fsp3) is 0.353. The number of ketones is 1. The zero-order valence-corrected chi connectivity index (χ0v) is 13.4. The summed E-state index contributed by atoms with van der Waals surface area (Å²) in [6, 6.07) is 7.50. The van der Waals surface area contributed by atoms with E-state index < -0.39 is 0 Å². The molecule has 1 saturated carbocycles. The van der Waals surface area contributed by atoms with Gasteiger partial charge in [0, 0.05) is 15.1 Å². The van der Waals surface area contributed by atoms with E-state index in [0.717, 1.165) is 35.8 Å². The van der Waals surface area contributed by atoms with Crippen LogP contribution in [0.1, 0.15) is 29.6 Å². The van der Waals surface area contributed by atoms with Crippen molar-refractivity contribution >= 4 is 28.4 Å². The maximum Gasteiger partial charge on any atom is 0.192 e. The monoisotopic (exact) mass is 380 g/mol. The first-order valence-electron chi connectivity index (χ1n) is 7.02. The van der Waals surface area contributed by atoms with E-state index >= 15 is 0 Å². The number of allylic oxidation sites excluding steroid dienone is 4. The van der Waals surface area contributed by atoms with Crippen molar-refractivity contribution in [2.75, 3.05) is 6.61 Å². The molecular formula is C17H17IO2. The van der Waals surface area contributed by atoms with E-state index in [1.165, 1.54) is 12.8 Å². The minimum Gasteiger partial charge on any atom is -0.493 e. The minimum atomic E-state index is 0.0939. The Morgan fingerprint density at radius 2 is 2.00 bits per heavy atom. The summed E-state index contributed by atoms with van der Waals surface area (Å²) in [4.78, 5) is 12.4. The van der Waals surface area contributed by atoms with Gasteiger partial charge in [0.05, 0.1) is 6.61 Å². The van der Waals surface area contributed by atoms with Crippen molar-refractivity contribution in [3.05, 3.63) is 53.6 Å². The fourth-order valence-electron chi connectivity index (χ4n) is 2.16. The first-order chi connectivity index (χ1) is 9.72. The molecule has 104 valence electrons. The van der Waals surface area contributed by atoms with Crippen LogP contribution in [0, 0.1) is 5.92 Å². The molecule has 0 heterocycles. The largest absolute Gasteiger partial charge is 0.493 e. The van der Waals surface area contributed by atoms with Gasteiger partial charge < -0.3 is 4.74 Å². The zero-order chi connectivity index (χ0) is 13.9. The fourth-order valence-corrected chi connectivity index (χ4v) is 2.84. The molecule has 0 bridgehead atoms. The SMILES string of the molecule is O=C(C1=C[C@H](I)CC=C1)c1ccc(OCC2CC2)cc1. The van der Waals surface area contributed by atoms with Crippen LogP contribution in [0.3, 0.4) is 0 Å². The lowest BCUT2D eigenvalue weighted by atomic mass is 9.98. The molecule has 3 rings (SSSR count). The molecule has 1 aromatic rings. The number of Topliss-reactive ketones (excluding diaryl/α,β-unsaturated/α-hetero) is 1. The van der Waals surface area contributed by atoms with E-state index in [0.29, 0.717) is 3.92 Å². The Labute approximate surface area is 133 Å². The molecule has 1 aromatic carbocycles. The molecular weight excluding hydrogens is 363 g/mol. The molecule has 1 fully saturated rings. The van der Waals surface area contributed by atoms with Gasteiger partial charge in [-0.2, -0.15) is 0 Å². The van der Waals surface area contributed by atoms with E-state index in [4.69, 9.17) is 4.74 Å². The Morgan fingerprint density at radius 1 is 1.25 bits per heavy atom. The second-order valence-electron chi connectivity index (χ2n) is 5.38. The van der Waals surface area contributed by atoms with Crippen LogP contribution in [0.2, 0.25) is 0 Å². The molecule has 0 aliphatic heterocycles. The van der Waals surface area contributed by atoms with Gasteiger partial charge in [-0.05, 0) is 49.4 Å². The van der Waals surface area contributed by atoms with Crippen LogP contribution in [0.5, 0.6) is 5.75 Å². The lowest BCUT2D eigenvalue weighted by Crippen LogP contribution is -2.07. The summed E-state index contributed by atoms with van der Waals surface area (Å²) in [5.74, 6) is 1.69. The average molecular weight is 380 g/mol. The summed E-state index contributed by atoms with van der Waals surface area (Å²) in [5, 5.41) is 0. The number of hydrogen-bond acceptors (Lipinski definition) is 2. The standard InChI is InChI=1S/C17H17IO2/c18-15-3-1-2-14(10-15)17(19)13-6-8-16(9-7-13)20-11-12-4-5-12/h1-2,6-10,12,15H,3-5,11H2/t15-/m1/s1. The number of benzene rings is 1. The third-order valence-corrected chi connectivity index (χ3v) is 4.45. The lowest BCUT2D eigenvalue weighted by molar-refractivity contribution is 0.103. The molecule has 1 atom stereocenters. The molecule has 0 unspecified atom stereocenters. The number of carbonyl (C=O) groups excluding carboxylic acids is 1. The normalized spacial score (nSPS) is 21.4. The van der Waals surface area contributed by atoms with Gasteiger partial charge in [0.25, 0.3) is 0 Å². The summed E-state index contributed by atoms with van der Waals surface area (Å²) in [7, 11) is 0. The van der Waals surface area contributed by atoms with Crippen molar-refractivity contribution in [1.29, 1.82) is 0 Å². The summed E-state index contributed by atoms with van der Waals surface area (Å²) in [6.07, 6.45) is 9.61. The van der Waals surface area contributed by atoms with Crippen molar-refractivity contribution in [2.45, 2.75) is 23.2 Å². The molecule has 0 saturated heterocycles. The number of halogens is 1. The molecule has 2 aliphatic rings. The van der Waals surface area contributed by atoms with Crippen LogP contribution >= 0.6 is 22.6 Å². The molecule has 0 radical (unpaired) electrons. The maximum absolute atomic E-state index is 12.4. The Balaban J connectivity index is 1.67. The molecule has 0 aromatic heterocycles. The van der Waals surface area contributed by atoms with Gasteiger partial charge in [0.15, 0.2) is 5.78 Å². The predicted molar refractivity (Wildman–Crippen MR) is 88.6 cm³/mol. The van der Waals surface area contributed by atoms with Gasteiger partial charge in [-0.1, -0.05) is 40.8 Å². The zero-order valence-electron chi connectivity index (χ0n) is 11.2. The maximum atomic E-state index is 12.4. The van der Waals surface area contributed by atoms with Crippen molar-refractivity contribution in [2.24, 2.45) is 5.92 Å². The molecule has 0 amide bonds. The third-order valence-electron chi connectivity index (χ3n) is 3.58. The summed E-state index contributed by atoms with van der Waals surface area (Å²) < 4.78 is 6.10. The molecule has 2 aliphatic carbocycles. The third kappa shape index (κ3) is 3.51. The van der Waals surface area contributed by atoms with Crippen LogP contribution in [-0.4, -0.2) is 16.3 Å². The van der Waals surface area contributed by atoms with E-state index in [1.807, 2.05) is 36.4 Å². The smallest absolute Gasteiger partial charge is 0.192 e. The molecule has 0 spiro atoms. The van der Waals surface area contributed by atoms with E-state index in [1.54, 1.807) is 0 Å². The number of carbonyl (C=O) groups is 1. The Hall–Kier alpha value is -1.10. The van der Waals surface area contributed by atoms with Crippen molar-refractivity contribution < 1.29 is 9.53 Å². The summed E-state index contributed by atoms with van der Waals surface area (Å²) in [5.41, 5.74) is 1.52. The van der Waals surface area contributed by atoms with Gasteiger partial charge in [-0.25, -0.2) is 0 Å². The molecule has 20 heavy (non-hydrogen) atoms. The summed E-state index contributed by atoms with van der Waals surface area (Å²) >= 11 is 2.35. The Kier molecular flexibility index (Phi) is 4.24. The van der Waals surface area contributed by atoms with E-state index in [-0.39, 0.29) is 5.78 Å². The highest BCUT2D eigenvalue weighted by Gasteiger charge is 2.22. The minimum absolute atomic E-state index is 0.0939. The van der Waals surface area contributed by atoms with Gasteiger partial charge in [-0.15, -0.1) is 0 Å². The Morgan fingerprint density at radius 3 is 2.65 bits per heavy atom. The van der Waals surface area contributed by atoms with E-state index in [2.05, 4.69) is 28.7 Å². The van der Waals surface area contributed by atoms with Gasteiger partial charge in [-0.3, -0.25) is 4.79 Å². The highest BCUT2D eigenvalue weighted by Crippen LogP contribution is 2.29. The predicted octanol–water partition coefficient (Wildman–Crippen LogP) is 4.35. The van der Waals surface area contributed by atoms with E-state index in [9.17, 15) is 4.79 Å². The Bertz CT molecular complexity index is 553. The van der Waals surface area contributed by atoms with Crippen LogP contribution in [-0.2, 0) is 0 Å². The van der Waals surface area contributed by atoms with Crippen LogP contribution in [0.4, 0.5) is 0 Å². The number of hydrogen-bond donors (Lipinski definition) is 0. The van der Waals surface area contributed by atoms with Crippen LogP contribution < -0.4 is 4.74 Å². The van der Waals surface area contributed by atoms with Gasteiger partial charge in [0.2, 0.25) is 0 Å². The van der Waals surface area contributed by atoms with Gasteiger partial charge >= 0.3 is 0 Å². The van der Waals surface area contributed by atoms with Gasteiger partial charge in [0.1, 0.15) is 5.75 Å². The van der Waals surface area contributed by atoms with Crippen LogP contribution in [0.15, 0.2) is 48.1 Å². The first-order valence-corrected chi connectivity index (χ1v) is 8.27. The molecule has 0 N–H and O–H groups in total. The highest BCUT2D eigenvalue weighted by atomic mass is 127. The highest BCUT2D eigenvalue weighted by molar-refractivity contribution is 14.1. The number of alkyl halides is 1.